The first-order valence-corrected chi connectivity index (χ1v) is 18.1. The van der Waals surface area contributed by atoms with Gasteiger partial charge in [-0.2, -0.15) is 8.42 Å². The number of esters is 2. The summed E-state index contributed by atoms with van der Waals surface area (Å²) in [6.07, 6.45) is 2.68. The lowest BCUT2D eigenvalue weighted by molar-refractivity contribution is -0.157. The molecule has 4 aliphatic rings. The molecule has 1 aromatic carbocycles. The Labute approximate surface area is 274 Å². The summed E-state index contributed by atoms with van der Waals surface area (Å²) in [5.74, 6) is -1.25. The number of halogens is 1. The van der Waals surface area contributed by atoms with Gasteiger partial charge in [0, 0.05) is 23.9 Å². The van der Waals surface area contributed by atoms with Gasteiger partial charge in [0.1, 0.15) is 6.10 Å². The maximum atomic E-state index is 14.3. The number of rotatable bonds is 12. The van der Waals surface area contributed by atoms with Crippen LogP contribution in [0.5, 0.6) is 0 Å². The summed E-state index contributed by atoms with van der Waals surface area (Å²) >= 11 is 3.29. The van der Waals surface area contributed by atoms with Gasteiger partial charge in [0.2, 0.25) is 5.91 Å². The van der Waals surface area contributed by atoms with Gasteiger partial charge < -0.3 is 14.4 Å². The molecule has 12 heteroatoms. The molecule has 10 nitrogen and oxygen atoms in total. The van der Waals surface area contributed by atoms with Crippen molar-refractivity contribution >= 4 is 49.7 Å². The van der Waals surface area contributed by atoms with Gasteiger partial charge in [-0.1, -0.05) is 50.0 Å². The van der Waals surface area contributed by atoms with Crippen molar-refractivity contribution in [2.45, 2.75) is 102 Å². The van der Waals surface area contributed by atoms with Crippen LogP contribution in [0, 0.1) is 34.5 Å². The van der Waals surface area contributed by atoms with Crippen LogP contribution in [0.1, 0.15) is 79.1 Å². The van der Waals surface area contributed by atoms with Gasteiger partial charge in [0.15, 0.2) is 5.78 Å². The van der Waals surface area contributed by atoms with E-state index in [-0.39, 0.29) is 48.5 Å². The predicted molar refractivity (Wildman–Crippen MR) is 167 cm³/mol. The molecule has 5 rings (SSSR count). The van der Waals surface area contributed by atoms with Crippen molar-refractivity contribution in [1.29, 1.82) is 0 Å². The van der Waals surface area contributed by atoms with Crippen molar-refractivity contribution in [1.82, 2.24) is 4.90 Å². The minimum Gasteiger partial charge on any atom is -0.469 e. The van der Waals surface area contributed by atoms with Gasteiger partial charge in [0.25, 0.3) is 10.1 Å². The number of nitrogens with zero attached hydrogens (tertiary/aromatic N) is 1. The lowest BCUT2D eigenvalue weighted by atomic mass is 9.77. The molecular formula is C33H44BrNO9S. The maximum Gasteiger partial charge on any atom is 0.312 e. The number of carbonyl (C=O) groups excluding carboxylic acids is 4. The van der Waals surface area contributed by atoms with Crippen LogP contribution >= 0.6 is 15.9 Å². The molecule has 1 aliphatic heterocycles. The van der Waals surface area contributed by atoms with Crippen molar-refractivity contribution in [2.75, 3.05) is 13.7 Å². The van der Waals surface area contributed by atoms with E-state index >= 15 is 0 Å². The Morgan fingerprint density at radius 2 is 1.67 bits per heavy atom. The van der Waals surface area contributed by atoms with Gasteiger partial charge in [0.05, 0.1) is 41.9 Å². The minimum atomic E-state index is -4.21. The van der Waals surface area contributed by atoms with E-state index in [2.05, 4.69) is 15.9 Å². The first kappa shape index (κ1) is 34.0. The molecule has 0 N–H and O–H groups in total. The third-order valence-corrected chi connectivity index (χ3v) is 12.2. The molecule has 1 aromatic rings. The number of fused-ring (bicyclic) bond motifs is 1. The van der Waals surface area contributed by atoms with E-state index in [0.29, 0.717) is 29.2 Å². The summed E-state index contributed by atoms with van der Waals surface area (Å²) in [6.45, 7) is 7.36. The van der Waals surface area contributed by atoms with Crippen LogP contribution in [0.4, 0.5) is 0 Å². The van der Waals surface area contributed by atoms with E-state index in [4.69, 9.17) is 13.7 Å². The van der Waals surface area contributed by atoms with Crippen molar-refractivity contribution in [3.63, 3.8) is 0 Å². The Hall–Kier alpha value is -2.31. The van der Waals surface area contributed by atoms with E-state index in [1.54, 1.807) is 12.1 Å². The van der Waals surface area contributed by atoms with E-state index in [0.717, 1.165) is 12.8 Å². The number of carbonyl (C=O) groups is 4. The number of benzene rings is 1. The molecule has 1 amide bonds. The van der Waals surface area contributed by atoms with Crippen LogP contribution in [-0.4, -0.2) is 68.9 Å². The fourth-order valence-corrected chi connectivity index (χ4v) is 8.80. The Morgan fingerprint density at radius 1 is 1.02 bits per heavy atom. The van der Waals surface area contributed by atoms with Gasteiger partial charge in [-0.05, 0) is 73.1 Å². The molecule has 248 valence electrons. The van der Waals surface area contributed by atoms with Gasteiger partial charge in [-0.15, -0.1) is 0 Å². The standard InChI is InChI=1S/C33H44BrNO9S/c1-6-21-16-33(21,31(39)42-5)17-28(36)27-14-24(44-45(40,41)25-9-7-22(34)8-10-25)18-35(27)30(38)26(32(2,3)4)15-29(37)43-23-12-19-11-20(19)13-23/h7-10,19-21,23-24,26-27H,6,11-18H2,1-5H3/t19-,20+,21-,23?,24+,26-,27+,33-/m1/s1. The zero-order chi connectivity index (χ0) is 32.9. The monoisotopic (exact) mass is 709 g/mol. The molecule has 45 heavy (non-hydrogen) atoms. The van der Waals surface area contributed by atoms with Gasteiger partial charge >= 0.3 is 11.9 Å². The fraction of sp³-hybridized carbons (Fsp3) is 0.697. The lowest BCUT2D eigenvalue weighted by Crippen LogP contribution is -2.48. The Balaban J connectivity index is 1.37. The second-order valence-corrected chi connectivity index (χ2v) is 16.9. The van der Waals surface area contributed by atoms with Crippen molar-refractivity contribution in [3.8, 4) is 0 Å². The average Bonchev–Trinajstić information content (AvgIpc) is 3.78. The van der Waals surface area contributed by atoms with Crippen LogP contribution in [0.15, 0.2) is 33.6 Å². The Morgan fingerprint density at radius 3 is 2.22 bits per heavy atom. The quantitative estimate of drug-likeness (QED) is 0.216. The van der Waals surface area contributed by atoms with Crippen molar-refractivity contribution in [2.24, 2.45) is 34.5 Å². The number of hydrogen-bond acceptors (Lipinski definition) is 9. The molecule has 1 saturated heterocycles. The fourth-order valence-electron chi connectivity index (χ4n) is 7.46. The number of ether oxygens (including phenoxy) is 2. The highest BCUT2D eigenvalue weighted by atomic mass is 79.9. The molecule has 0 radical (unpaired) electrons. The Kier molecular flexibility index (Phi) is 9.61. The molecule has 0 aromatic heterocycles. The molecule has 0 spiro atoms. The second kappa shape index (κ2) is 12.7. The van der Waals surface area contributed by atoms with Crippen molar-refractivity contribution in [3.05, 3.63) is 28.7 Å². The number of ketones is 1. The molecule has 3 aliphatic carbocycles. The maximum absolute atomic E-state index is 14.3. The third-order valence-electron chi connectivity index (χ3n) is 10.3. The molecule has 1 heterocycles. The zero-order valence-electron chi connectivity index (χ0n) is 26.6. The number of amides is 1. The molecule has 1 unspecified atom stereocenters. The summed E-state index contributed by atoms with van der Waals surface area (Å²) in [5, 5.41) is 0. The topological polar surface area (TPSA) is 133 Å². The van der Waals surface area contributed by atoms with Crippen LogP contribution in [0.3, 0.4) is 0 Å². The first-order valence-electron chi connectivity index (χ1n) is 15.9. The van der Waals surface area contributed by atoms with E-state index < -0.39 is 56.9 Å². The van der Waals surface area contributed by atoms with Gasteiger partial charge in [-0.3, -0.25) is 23.4 Å². The Bertz CT molecular complexity index is 1430. The lowest BCUT2D eigenvalue weighted by Gasteiger charge is -2.35. The molecular weight excluding hydrogens is 666 g/mol. The predicted octanol–water partition coefficient (Wildman–Crippen LogP) is 5.07. The third kappa shape index (κ3) is 7.32. The first-order chi connectivity index (χ1) is 21.1. The highest BCUT2D eigenvalue weighted by molar-refractivity contribution is 9.10. The largest absolute Gasteiger partial charge is 0.469 e. The summed E-state index contributed by atoms with van der Waals surface area (Å²) < 4.78 is 43.5. The number of likely N-dealkylation sites (tertiary alicyclic amines) is 1. The minimum absolute atomic E-state index is 0.0111. The van der Waals surface area contributed by atoms with Crippen molar-refractivity contribution < 1.29 is 41.3 Å². The van der Waals surface area contributed by atoms with Crippen LogP contribution < -0.4 is 0 Å². The van der Waals surface area contributed by atoms with E-state index in [9.17, 15) is 27.6 Å². The summed E-state index contributed by atoms with van der Waals surface area (Å²) in [6, 6.07) is 4.96. The smallest absolute Gasteiger partial charge is 0.312 e. The summed E-state index contributed by atoms with van der Waals surface area (Å²) in [5.41, 5.74) is -1.62. The number of methoxy groups -OCH3 is 1. The average molecular weight is 711 g/mol. The van der Waals surface area contributed by atoms with Crippen LogP contribution in [0.25, 0.3) is 0 Å². The molecule has 4 fully saturated rings. The SMILES string of the molecule is CC[C@@H]1C[C@]1(CC(=O)[C@@H]1C[C@H](OS(=O)(=O)c2ccc(Br)cc2)CN1C(=O)[C@@H](CC(=O)OC1C[C@@H]2C[C@@H]2C1)C(C)(C)C)C(=O)OC. The molecule has 3 saturated carbocycles. The van der Waals surface area contributed by atoms with Crippen LogP contribution in [0.2, 0.25) is 0 Å². The van der Waals surface area contributed by atoms with Crippen LogP contribution in [-0.2, 0) is 43.0 Å². The summed E-state index contributed by atoms with van der Waals surface area (Å²) in [4.78, 5) is 55.5. The highest BCUT2D eigenvalue weighted by Gasteiger charge is 2.62. The molecule has 0 bridgehead atoms. The molecule has 8 atom stereocenters. The zero-order valence-corrected chi connectivity index (χ0v) is 29.0. The summed E-state index contributed by atoms with van der Waals surface area (Å²) in [7, 11) is -2.92. The number of hydrogen-bond donors (Lipinski definition) is 0. The second-order valence-electron chi connectivity index (χ2n) is 14.4. The van der Waals surface area contributed by atoms with E-state index in [1.807, 2.05) is 27.7 Å². The van der Waals surface area contributed by atoms with E-state index in [1.165, 1.54) is 30.6 Å². The van der Waals surface area contributed by atoms with Gasteiger partial charge in [-0.25, -0.2) is 0 Å². The normalized spacial score (nSPS) is 31.2. The number of Topliss-reactive ketones (excluding diaryl/α,β-unsaturated/α-hetero) is 1. The highest BCUT2D eigenvalue weighted by Crippen LogP contribution is 2.58.